The molecule has 2 heteroatoms. The second kappa shape index (κ2) is 7.11. The van der Waals surface area contributed by atoms with Gasteiger partial charge in [0.25, 0.3) is 0 Å². The summed E-state index contributed by atoms with van der Waals surface area (Å²) in [6.07, 6.45) is 10.5. The zero-order chi connectivity index (χ0) is 15.3. The molecule has 1 saturated carbocycles. The average Bonchev–Trinajstić information content (AvgIpc) is 2.48. The summed E-state index contributed by atoms with van der Waals surface area (Å²) in [6.45, 7) is 4.71. The summed E-state index contributed by atoms with van der Waals surface area (Å²) >= 11 is 0. The zero-order valence-electron chi connectivity index (χ0n) is 13.4. The molecule has 0 unspecified atom stereocenters. The van der Waals surface area contributed by atoms with Crippen LogP contribution in [0.3, 0.4) is 0 Å². The Morgan fingerprint density at radius 2 is 1.81 bits per heavy atom. The van der Waals surface area contributed by atoms with Gasteiger partial charge in [0, 0.05) is 0 Å². The van der Waals surface area contributed by atoms with E-state index in [0.717, 1.165) is 0 Å². The Morgan fingerprint density at radius 1 is 1.19 bits per heavy atom. The van der Waals surface area contributed by atoms with Gasteiger partial charge in [-0.2, -0.15) is 0 Å². The number of hydrogen-bond donors (Lipinski definition) is 1. The van der Waals surface area contributed by atoms with Crippen molar-refractivity contribution in [3.63, 3.8) is 0 Å². The van der Waals surface area contributed by atoms with Crippen LogP contribution in [0.25, 0.3) is 0 Å². The molecule has 0 bridgehead atoms. The van der Waals surface area contributed by atoms with Crippen molar-refractivity contribution in [3.8, 4) is 0 Å². The molecule has 1 aliphatic carbocycles. The highest BCUT2D eigenvalue weighted by Gasteiger charge is 2.31. The monoisotopic (exact) mass is 288 g/mol. The fourth-order valence-electron chi connectivity index (χ4n) is 3.60. The van der Waals surface area contributed by atoms with Gasteiger partial charge < -0.3 is 5.11 Å². The Balaban J connectivity index is 1.89. The Labute approximate surface area is 128 Å². The Morgan fingerprint density at radius 3 is 2.33 bits per heavy atom. The maximum Gasteiger partial charge on any atom is 0.335 e. The summed E-state index contributed by atoms with van der Waals surface area (Å²) in [7, 11) is 0. The van der Waals surface area contributed by atoms with Gasteiger partial charge in [-0.05, 0) is 61.1 Å². The number of carbonyl (C=O) groups is 1. The highest BCUT2D eigenvalue weighted by atomic mass is 16.4. The summed E-state index contributed by atoms with van der Waals surface area (Å²) in [6, 6.07) is 7.50. The molecule has 21 heavy (non-hydrogen) atoms. The third kappa shape index (κ3) is 4.33. The summed E-state index contributed by atoms with van der Waals surface area (Å²) in [4.78, 5) is 10.9. The van der Waals surface area contributed by atoms with Crippen LogP contribution in [-0.4, -0.2) is 11.1 Å². The van der Waals surface area contributed by atoms with E-state index < -0.39 is 5.97 Å². The van der Waals surface area contributed by atoms with E-state index in [2.05, 4.69) is 13.8 Å². The van der Waals surface area contributed by atoms with Gasteiger partial charge in [-0.1, -0.05) is 45.2 Å². The number of carboxylic acids is 1. The molecule has 1 aliphatic rings. The van der Waals surface area contributed by atoms with Crippen LogP contribution in [0.4, 0.5) is 0 Å². The van der Waals surface area contributed by atoms with Crippen molar-refractivity contribution in [1.29, 1.82) is 0 Å². The van der Waals surface area contributed by atoms with Crippen LogP contribution in [0.15, 0.2) is 24.3 Å². The minimum Gasteiger partial charge on any atom is -0.478 e. The van der Waals surface area contributed by atoms with E-state index in [9.17, 15) is 4.79 Å². The second-order valence-electron chi connectivity index (χ2n) is 6.97. The molecule has 0 radical (unpaired) electrons. The van der Waals surface area contributed by atoms with Crippen LogP contribution in [0.2, 0.25) is 0 Å². The van der Waals surface area contributed by atoms with E-state index in [4.69, 9.17) is 5.11 Å². The Kier molecular flexibility index (Phi) is 5.44. The van der Waals surface area contributed by atoms with Crippen molar-refractivity contribution in [3.05, 3.63) is 35.4 Å². The van der Waals surface area contributed by atoms with Crippen molar-refractivity contribution in [2.24, 2.45) is 5.41 Å². The molecule has 0 amide bonds. The number of carboxylic acid groups (broad SMARTS) is 1. The lowest BCUT2D eigenvalue weighted by atomic mass is 9.68. The third-order valence-corrected chi connectivity index (χ3v) is 5.21. The van der Waals surface area contributed by atoms with Crippen LogP contribution < -0.4 is 0 Å². The highest BCUT2D eigenvalue weighted by molar-refractivity contribution is 5.87. The lowest BCUT2D eigenvalue weighted by molar-refractivity contribution is 0.0697. The first-order valence-corrected chi connectivity index (χ1v) is 8.37. The Hall–Kier alpha value is -1.31. The Bertz CT molecular complexity index is 453. The fraction of sp³-hybridized carbons (Fsp3) is 0.632. The predicted molar refractivity (Wildman–Crippen MR) is 86.9 cm³/mol. The van der Waals surface area contributed by atoms with Crippen LogP contribution in [0.1, 0.15) is 87.1 Å². The molecule has 1 aromatic carbocycles. The maximum atomic E-state index is 10.9. The SMILES string of the molecule is CCCCCC1(C)CCC(c2ccc(C(=O)O)cc2)CC1. The zero-order valence-corrected chi connectivity index (χ0v) is 13.4. The fourth-order valence-corrected chi connectivity index (χ4v) is 3.60. The molecule has 2 rings (SSSR count). The molecule has 0 saturated heterocycles. The van der Waals surface area contributed by atoms with E-state index in [1.54, 1.807) is 12.1 Å². The number of benzene rings is 1. The lowest BCUT2D eigenvalue weighted by Crippen LogP contribution is -2.23. The molecule has 1 fully saturated rings. The van der Waals surface area contributed by atoms with Crippen molar-refractivity contribution >= 4 is 5.97 Å². The van der Waals surface area contributed by atoms with Gasteiger partial charge in [0.15, 0.2) is 0 Å². The second-order valence-corrected chi connectivity index (χ2v) is 6.97. The topological polar surface area (TPSA) is 37.3 Å². The molecule has 0 aliphatic heterocycles. The first kappa shape index (κ1) is 16.1. The average molecular weight is 288 g/mol. The molecule has 1 N–H and O–H groups in total. The summed E-state index contributed by atoms with van der Waals surface area (Å²) < 4.78 is 0. The van der Waals surface area contributed by atoms with Gasteiger partial charge in [-0.15, -0.1) is 0 Å². The summed E-state index contributed by atoms with van der Waals surface area (Å²) in [5.74, 6) is -0.221. The van der Waals surface area contributed by atoms with Gasteiger partial charge in [0.05, 0.1) is 5.56 Å². The number of unbranched alkanes of at least 4 members (excludes halogenated alkanes) is 2. The van der Waals surface area contributed by atoms with E-state index in [-0.39, 0.29) is 0 Å². The predicted octanol–water partition coefficient (Wildman–Crippen LogP) is 5.63. The largest absolute Gasteiger partial charge is 0.478 e. The molecular formula is C19H28O2. The van der Waals surface area contributed by atoms with Crippen molar-refractivity contribution in [2.45, 2.75) is 71.1 Å². The smallest absolute Gasteiger partial charge is 0.335 e. The van der Waals surface area contributed by atoms with Crippen LogP contribution in [-0.2, 0) is 0 Å². The molecule has 116 valence electrons. The maximum absolute atomic E-state index is 10.9. The van der Waals surface area contributed by atoms with Crippen LogP contribution >= 0.6 is 0 Å². The molecule has 0 heterocycles. The van der Waals surface area contributed by atoms with Crippen molar-refractivity contribution in [2.75, 3.05) is 0 Å². The highest BCUT2D eigenvalue weighted by Crippen LogP contribution is 2.45. The first-order valence-electron chi connectivity index (χ1n) is 8.37. The molecule has 2 nitrogen and oxygen atoms in total. The van der Waals surface area contributed by atoms with Crippen molar-refractivity contribution < 1.29 is 9.90 Å². The quantitative estimate of drug-likeness (QED) is 0.689. The normalized spacial score (nSPS) is 25.7. The van der Waals surface area contributed by atoms with Gasteiger partial charge in [0.2, 0.25) is 0 Å². The van der Waals surface area contributed by atoms with Crippen LogP contribution in [0, 0.1) is 5.41 Å². The van der Waals surface area contributed by atoms with Gasteiger partial charge >= 0.3 is 5.97 Å². The number of aromatic carboxylic acids is 1. The molecule has 1 aromatic rings. The molecule has 0 spiro atoms. The minimum absolute atomic E-state index is 0.388. The minimum atomic E-state index is -0.839. The third-order valence-electron chi connectivity index (χ3n) is 5.21. The summed E-state index contributed by atoms with van der Waals surface area (Å²) in [5.41, 5.74) is 2.24. The lowest BCUT2D eigenvalue weighted by Gasteiger charge is -2.38. The standard InChI is InChI=1S/C19H28O2/c1-3-4-5-12-19(2)13-10-16(11-14-19)15-6-8-17(9-7-15)18(20)21/h6-9,16H,3-5,10-14H2,1-2H3,(H,20,21). The summed E-state index contributed by atoms with van der Waals surface area (Å²) in [5, 5.41) is 8.96. The first-order chi connectivity index (χ1) is 10.0. The van der Waals surface area contributed by atoms with E-state index in [1.165, 1.54) is 56.9 Å². The molecule has 0 aromatic heterocycles. The van der Waals surface area contributed by atoms with Crippen molar-refractivity contribution in [1.82, 2.24) is 0 Å². The molecular weight excluding hydrogens is 260 g/mol. The number of rotatable bonds is 6. The van der Waals surface area contributed by atoms with E-state index in [0.29, 0.717) is 16.9 Å². The van der Waals surface area contributed by atoms with Crippen LogP contribution in [0.5, 0.6) is 0 Å². The number of hydrogen-bond acceptors (Lipinski definition) is 1. The van der Waals surface area contributed by atoms with E-state index in [1.807, 2.05) is 12.1 Å². The van der Waals surface area contributed by atoms with Gasteiger partial charge in [0.1, 0.15) is 0 Å². The van der Waals surface area contributed by atoms with Gasteiger partial charge in [-0.3, -0.25) is 0 Å². The molecule has 0 atom stereocenters. The van der Waals surface area contributed by atoms with E-state index >= 15 is 0 Å². The van der Waals surface area contributed by atoms with Gasteiger partial charge in [-0.25, -0.2) is 4.79 Å².